The summed E-state index contributed by atoms with van der Waals surface area (Å²) in [6, 6.07) is 18.2. The van der Waals surface area contributed by atoms with E-state index < -0.39 is 12.0 Å². The van der Waals surface area contributed by atoms with Crippen molar-refractivity contribution in [3.8, 4) is 0 Å². The zero-order chi connectivity index (χ0) is 28.1. The molecule has 1 fully saturated rings. The number of aryl methyl sites for hydroxylation is 1. The smallest absolute Gasteiger partial charge is 0.324 e. The fraction of sp³-hybridized carbons (Fsp3) is 0.419. The lowest BCUT2D eigenvalue weighted by molar-refractivity contribution is -0.150. The van der Waals surface area contributed by atoms with Gasteiger partial charge in [0.15, 0.2) is 6.73 Å². The molecular formula is C31H39N5O4. The first-order valence-corrected chi connectivity index (χ1v) is 14.1. The van der Waals surface area contributed by atoms with Crippen LogP contribution in [-0.2, 0) is 25.5 Å². The van der Waals surface area contributed by atoms with Gasteiger partial charge in [0.1, 0.15) is 17.7 Å². The van der Waals surface area contributed by atoms with Crippen molar-refractivity contribution >= 4 is 18.1 Å². The summed E-state index contributed by atoms with van der Waals surface area (Å²) in [4.78, 5) is 31.1. The number of morpholine rings is 1. The summed E-state index contributed by atoms with van der Waals surface area (Å²) in [5.74, 6) is 0.920. The van der Waals surface area contributed by atoms with Crippen molar-refractivity contribution in [2.24, 2.45) is 11.7 Å². The van der Waals surface area contributed by atoms with Crippen LogP contribution in [0, 0.1) is 5.92 Å². The predicted molar refractivity (Wildman–Crippen MR) is 154 cm³/mol. The highest BCUT2D eigenvalue weighted by Gasteiger charge is 2.42. The standard InChI is InChI=1S/C31H39N5O4/c1-22(2)28(32)31(38)40-21-36-27(33-20-37)19-25-24-12-6-7-13-26(24)35(14-8-11-23-9-4-3-5-10-23)29(25)30(36)34-15-17-39-18-16-34/h3-7,9-10,12-13,19-20,22,25,28H,8,11,14-18,21,32H2,1-2H3,(H,33,37)/t25?,28-/m1/s1. The van der Waals surface area contributed by atoms with Gasteiger partial charge in [-0.2, -0.15) is 0 Å². The van der Waals surface area contributed by atoms with Crippen LogP contribution in [0.3, 0.4) is 0 Å². The van der Waals surface area contributed by atoms with E-state index in [2.05, 4.69) is 69.7 Å². The first-order chi connectivity index (χ1) is 19.5. The molecule has 0 spiro atoms. The van der Waals surface area contributed by atoms with Gasteiger partial charge in [-0.3, -0.25) is 14.5 Å². The van der Waals surface area contributed by atoms with Crippen LogP contribution in [0.25, 0.3) is 0 Å². The number of carbonyl (C=O) groups excluding carboxylic acids is 2. The minimum Gasteiger partial charge on any atom is -0.443 e. The van der Waals surface area contributed by atoms with Crippen LogP contribution in [0.15, 0.2) is 78.0 Å². The Morgan fingerprint density at radius 3 is 2.55 bits per heavy atom. The summed E-state index contributed by atoms with van der Waals surface area (Å²) in [5, 5.41) is 2.88. The van der Waals surface area contributed by atoms with Crippen molar-refractivity contribution in [3.05, 3.63) is 89.1 Å². The van der Waals surface area contributed by atoms with Gasteiger partial charge in [0.2, 0.25) is 6.41 Å². The zero-order valence-electron chi connectivity index (χ0n) is 23.3. The van der Waals surface area contributed by atoms with E-state index in [0.717, 1.165) is 36.6 Å². The molecule has 40 heavy (non-hydrogen) atoms. The number of rotatable bonds is 11. The normalized spacial score (nSPS) is 19.2. The number of allylic oxidation sites excluding steroid dienone is 1. The van der Waals surface area contributed by atoms with Gasteiger partial charge < -0.3 is 30.3 Å². The van der Waals surface area contributed by atoms with Gasteiger partial charge in [0, 0.05) is 25.3 Å². The number of nitrogens with zero attached hydrogens (tertiary/aromatic N) is 3. The van der Waals surface area contributed by atoms with E-state index in [1.165, 1.54) is 11.1 Å². The molecule has 5 rings (SSSR count). The second-order valence-corrected chi connectivity index (χ2v) is 10.7. The van der Waals surface area contributed by atoms with Crippen LogP contribution < -0.4 is 16.0 Å². The Labute approximate surface area is 236 Å². The number of fused-ring (bicyclic) bond motifs is 3. The van der Waals surface area contributed by atoms with Gasteiger partial charge in [0.05, 0.1) is 24.8 Å². The van der Waals surface area contributed by atoms with Gasteiger partial charge in [-0.15, -0.1) is 0 Å². The van der Waals surface area contributed by atoms with Crippen molar-refractivity contribution in [2.45, 2.75) is 38.6 Å². The third kappa shape index (κ3) is 5.71. The van der Waals surface area contributed by atoms with E-state index in [1.54, 1.807) is 0 Å². The molecule has 2 aromatic carbocycles. The first kappa shape index (κ1) is 27.7. The van der Waals surface area contributed by atoms with E-state index in [1.807, 2.05) is 24.8 Å². The highest BCUT2D eigenvalue weighted by Crippen LogP contribution is 2.49. The molecule has 3 aliphatic heterocycles. The first-order valence-electron chi connectivity index (χ1n) is 14.1. The van der Waals surface area contributed by atoms with Crippen LogP contribution in [0.2, 0.25) is 0 Å². The Hall–Kier alpha value is -3.82. The third-order valence-corrected chi connectivity index (χ3v) is 7.78. The van der Waals surface area contributed by atoms with Crippen molar-refractivity contribution in [1.82, 2.24) is 15.1 Å². The monoisotopic (exact) mass is 545 g/mol. The number of amides is 1. The highest BCUT2D eigenvalue weighted by molar-refractivity contribution is 5.76. The van der Waals surface area contributed by atoms with Crippen LogP contribution >= 0.6 is 0 Å². The number of para-hydroxylation sites is 1. The van der Waals surface area contributed by atoms with Crippen LogP contribution in [-0.4, -0.2) is 67.8 Å². The average molecular weight is 546 g/mol. The molecular weight excluding hydrogens is 506 g/mol. The molecule has 1 saturated heterocycles. The molecule has 3 heterocycles. The Bertz CT molecular complexity index is 1260. The van der Waals surface area contributed by atoms with Crippen molar-refractivity contribution in [1.29, 1.82) is 0 Å². The van der Waals surface area contributed by atoms with Crippen LogP contribution in [0.4, 0.5) is 5.69 Å². The Balaban J connectivity index is 1.53. The molecule has 2 atom stereocenters. The largest absolute Gasteiger partial charge is 0.443 e. The lowest BCUT2D eigenvalue weighted by Crippen LogP contribution is -2.49. The number of nitrogens with two attached hydrogens (primary N) is 1. The number of anilines is 1. The number of benzene rings is 2. The van der Waals surface area contributed by atoms with Gasteiger partial charge in [-0.1, -0.05) is 62.4 Å². The fourth-order valence-electron chi connectivity index (χ4n) is 5.62. The molecule has 0 aliphatic carbocycles. The Morgan fingerprint density at radius 1 is 1.10 bits per heavy atom. The zero-order valence-corrected chi connectivity index (χ0v) is 23.3. The lowest BCUT2D eigenvalue weighted by Gasteiger charge is -2.43. The molecule has 0 aromatic heterocycles. The average Bonchev–Trinajstić information content (AvgIpc) is 3.29. The molecule has 3 aliphatic rings. The van der Waals surface area contributed by atoms with Gasteiger partial charge in [-0.05, 0) is 42.0 Å². The minimum atomic E-state index is -0.728. The quantitative estimate of drug-likeness (QED) is 0.328. The van der Waals surface area contributed by atoms with E-state index in [0.29, 0.717) is 38.5 Å². The van der Waals surface area contributed by atoms with Crippen LogP contribution in [0.5, 0.6) is 0 Å². The third-order valence-electron chi connectivity index (χ3n) is 7.78. The maximum atomic E-state index is 12.8. The van der Waals surface area contributed by atoms with Crippen LogP contribution in [0.1, 0.15) is 37.3 Å². The number of hydrogen-bond donors (Lipinski definition) is 2. The number of hydrogen-bond acceptors (Lipinski definition) is 8. The van der Waals surface area contributed by atoms with Crippen molar-refractivity contribution in [3.63, 3.8) is 0 Å². The van der Waals surface area contributed by atoms with Gasteiger partial charge in [0.25, 0.3) is 0 Å². The number of nitrogens with one attached hydrogen (secondary N) is 1. The molecule has 212 valence electrons. The fourth-order valence-corrected chi connectivity index (χ4v) is 5.62. The van der Waals surface area contributed by atoms with E-state index in [9.17, 15) is 9.59 Å². The lowest BCUT2D eigenvalue weighted by atomic mass is 9.95. The molecule has 0 radical (unpaired) electrons. The van der Waals surface area contributed by atoms with E-state index >= 15 is 0 Å². The second-order valence-electron chi connectivity index (χ2n) is 10.7. The predicted octanol–water partition coefficient (Wildman–Crippen LogP) is 3.11. The molecule has 2 aromatic rings. The summed E-state index contributed by atoms with van der Waals surface area (Å²) in [5.41, 5.74) is 10.9. The van der Waals surface area contributed by atoms with E-state index in [-0.39, 0.29) is 18.6 Å². The summed E-state index contributed by atoms with van der Waals surface area (Å²) in [6.07, 6.45) is 4.65. The molecule has 0 bridgehead atoms. The van der Waals surface area contributed by atoms with Crippen molar-refractivity contribution < 1.29 is 19.1 Å². The highest BCUT2D eigenvalue weighted by atomic mass is 16.5. The minimum absolute atomic E-state index is 0.0529. The molecule has 0 saturated carbocycles. The molecule has 9 heteroatoms. The molecule has 9 nitrogen and oxygen atoms in total. The second kappa shape index (κ2) is 12.6. The number of esters is 1. The maximum Gasteiger partial charge on any atom is 0.324 e. The summed E-state index contributed by atoms with van der Waals surface area (Å²) < 4.78 is 11.4. The van der Waals surface area contributed by atoms with Gasteiger partial charge in [-0.25, -0.2) is 0 Å². The maximum absolute atomic E-state index is 12.8. The number of carbonyl (C=O) groups is 2. The Morgan fingerprint density at radius 2 is 1.82 bits per heavy atom. The Kier molecular flexibility index (Phi) is 8.72. The molecule has 1 amide bonds. The van der Waals surface area contributed by atoms with Gasteiger partial charge >= 0.3 is 5.97 Å². The number of ether oxygens (including phenoxy) is 2. The van der Waals surface area contributed by atoms with E-state index in [4.69, 9.17) is 15.2 Å². The summed E-state index contributed by atoms with van der Waals surface area (Å²) in [6.45, 7) is 7.09. The topological polar surface area (TPSA) is 100 Å². The molecule has 1 unspecified atom stereocenters. The summed E-state index contributed by atoms with van der Waals surface area (Å²) in [7, 11) is 0. The SMILES string of the molecule is CC(C)[C@@H](N)C(=O)OCN1C(NC=O)=CC2C(=C1N1CCOCC1)N(CCCc1ccccc1)c1ccccc12. The van der Waals surface area contributed by atoms with Crippen molar-refractivity contribution in [2.75, 3.05) is 44.5 Å². The molecule has 3 N–H and O–H groups in total. The summed E-state index contributed by atoms with van der Waals surface area (Å²) >= 11 is 0.